The lowest BCUT2D eigenvalue weighted by Crippen LogP contribution is -2.38. The van der Waals surface area contributed by atoms with Gasteiger partial charge in [0.1, 0.15) is 0 Å². The third-order valence-electron chi connectivity index (χ3n) is 2.94. The summed E-state index contributed by atoms with van der Waals surface area (Å²) in [6.45, 7) is 4.50. The van der Waals surface area contributed by atoms with E-state index in [1.54, 1.807) is 24.3 Å². The first-order valence-electron chi connectivity index (χ1n) is 6.48. The molecule has 120 valence electrons. The van der Waals surface area contributed by atoms with Gasteiger partial charge in [0.05, 0.1) is 11.4 Å². The Kier molecular flexibility index (Phi) is 8.83. The van der Waals surface area contributed by atoms with Crippen LogP contribution in [0.1, 0.15) is 25.8 Å². The number of aliphatic imine (C=N–C) groups is 1. The number of hydrogen-bond donors (Lipinski definition) is 3. The number of halogens is 1. The molecule has 1 atom stereocenters. The third kappa shape index (κ3) is 6.62. The first-order chi connectivity index (χ1) is 9.39. The SMILES string of the molecule is CCC(C)NC(N)=NCc1ccc(S(=O)(=O)NC)cc1.I. The van der Waals surface area contributed by atoms with Crippen LogP contribution >= 0.6 is 24.0 Å². The Morgan fingerprint density at radius 3 is 2.38 bits per heavy atom. The molecule has 0 saturated heterocycles. The first-order valence-corrected chi connectivity index (χ1v) is 7.96. The molecular weight excluding hydrogens is 403 g/mol. The molecule has 1 rings (SSSR count). The van der Waals surface area contributed by atoms with Crippen LogP contribution in [0.4, 0.5) is 0 Å². The molecule has 0 bridgehead atoms. The van der Waals surface area contributed by atoms with Gasteiger partial charge in [0.15, 0.2) is 5.96 Å². The number of nitrogens with one attached hydrogen (secondary N) is 2. The van der Waals surface area contributed by atoms with Crippen molar-refractivity contribution in [2.75, 3.05) is 7.05 Å². The predicted molar refractivity (Wildman–Crippen MR) is 96.3 cm³/mol. The summed E-state index contributed by atoms with van der Waals surface area (Å²) >= 11 is 0. The maximum absolute atomic E-state index is 11.6. The van der Waals surface area contributed by atoms with E-state index in [0.29, 0.717) is 12.5 Å². The van der Waals surface area contributed by atoms with Gasteiger partial charge in [-0.15, -0.1) is 24.0 Å². The summed E-state index contributed by atoms with van der Waals surface area (Å²) in [6, 6.07) is 6.83. The van der Waals surface area contributed by atoms with Crippen molar-refractivity contribution in [1.82, 2.24) is 10.0 Å². The lowest BCUT2D eigenvalue weighted by molar-refractivity contribution is 0.588. The van der Waals surface area contributed by atoms with Crippen LogP contribution in [0.5, 0.6) is 0 Å². The molecule has 6 nitrogen and oxygen atoms in total. The van der Waals surface area contributed by atoms with Gasteiger partial charge in [0.25, 0.3) is 0 Å². The van der Waals surface area contributed by atoms with E-state index in [9.17, 15) is 8.42 Å². The molecule has 0 aromatic heterocycles. The highest BCUT2D eigenvalue weighted by molar-refractivity contribution is 14.0. The van der Waals surface area contributed by atoms with Crippen molar-refractivity contribution in [3.63, 3.8) is 0 Å². The van der Waals surface area contributed by atoms with Crippen molar-refractivity contribution in [2.24, 2.45) is 10.7 Å². The molecule has 1 aromatic rings. The molecule has 21 heavy (non-hydrogen) atoms. The molecule has 0 spiro atoms. The molecule has 4 N–H and O–H groups in total. The summed E-state index contributed by atoms with van der Waals surface area (Å²) in [4.78, 5) is 4.45. The number of benzene rings is 1. The normalized spacial score (nSPS) is 13.4. The highest BCUT2D eigenvalue weighted by Crippen LogP contribution is 2.10. The van der Waals surface area contributed by atoms with Crippen molar-refractivity contribution in [1.29, 1.82) is 0 Å². The van der Waals surface area contributed by atoms with Crippen molar-refractivity contribution in [3.8, 4) is 0 Å². The summed E-state index contributed by atoms with van der Waals surface area (Å²) in [7, 11) is -2.00. The highest BCUT2D eigenvalue weighted by Gasteiger charge is 2.10. The van der Waals surface area contributed by atoms with E-state index in [-0.39, 0.29) is 34.9 Å². The zero-order valence-corrected chi connectivity index (χ0v) is 15.6. The fourth-order valence-electron chi connectivity index (χ4n) is 1.47. The summed E-state index contributed by atoms with van der Waals surface area (Å²) in [5.41, 5.74) is 6.65. The quantitative estimate of drug-likeness (QED) is 0.364. The van der Waals surface area contributed by atoms with Gasteiger partial charge in [-0.05, 0) is 38.1 Å². The van der Waals surface area contributed by atoms with Crippen LogP contribution in [0.2, 0.25) is 0 Å². The van der Waals surface area contributed by atoms with Crippen molar-refractivity contribution in [2.45, 2.75) is 37.8 Å². The first kappa shape index (κ1) is 20.1. The minimum Gasteiger partial charge on any atom is -0.370 e. The molecule has 0 aliphatic heterocycles. The Morgan fingerprint density at radius 1 is 1.33 bits per heavy atom. The van der Waals surface area contributed by atoms with Crippen LogP contribution in [0.15, 0.2) is 34.2 Å². The van der Waals surface area contributed by atoms with E-state index >= 15 is 0 Å². The molecule has 0 aliphatic carbocycles. The summed E-state index contributed by atoms with van der Waals surface area (Å²) in [6.07, 6.45) is 0.965. The summed E-state index contributed by atoms with van der Waals surface area (Å²) < 4.78 is 25.4. The average molecular weight is 426 g/mol. The van der Waals surface area contributed by atoms with Crippen LogP contribution in [-0.2, 0) is 16.6 Å². The fourth-order valence-corrected chi connectivity index (χ4v) is 2.20. The molecule has 0 heterocycles. The van der Waals surface area contributed by atoms with Gasteiger partial charge in [-0.25, -0.2) is 18.1 Å². The summed E-state index contributed by atoms with van der Waals surface area (Å²) in [5, 5.41) is 3.07. The minimum absolute atomic E-state index is 0. The lowest BCUT2D eigenvalue weighted by Gasteiger charge is -2.11. The zero-order valence-electron chi connectivity index (χ0n) is 12.5. The fraction of sp³-hybridized carbons (Fsp3) is 0.462. The molecule has 0 aliphatic rings. The molecule has 0 fully saturated rings. The van der Waals surface area contributed by atoms with Crippen LogP contribution in [0.25, 0.3) is 0 Å². The van der Waals surface area contributed by atoms with Gasteiger partial charge in [-0.1, -0.05) is 19.1 Å². The maximum Gasteiger partial charge on any atom is 0.240 e. The van der Waals surface area contributed by atoms with Gasteiger partial charge >= 0.3 is 0 Å². The summed E-state index contributed by atoms with van der Waals surface area (Å²) in [5.74, 6) is 0.395. The zero-order chi connectivity index (χ0) is 15.2. The van der Waals surface area contributed by atoms with Gasteiger partial charge < -0.3 is 11.1 Å². The minimum atomic E-state index is -3.39. The topological polar surface area (TPSA) is 96.6 Å². The Balaban J connectivity index is 0.00000400. The predicted octanol–water partition coefficient (Wildman–Crippen LogP) is 1.42. The van der Waals surface area contributed by atoms with Gasteiger partial charge in [-0.2, -0.15) is 0 Å². The van der Waals surface area contributed by atoms with Crippen molar-refractivity contribution >= 4 is 40.0 Å². The lowest BCUT2D eigenvalue weighted by atomic mass is 10.2. The number of nitrogens with zero attached hydrogens (tertiary/aromatic N) is 1. The van der Waals surface area contributed by atoms with Gasteiger partial charge in [0, 0.05) is 6.04 Å². The average Bonchev–Trinajstić information content (AvgIpc) is 2.45. The number of rotatable bonds is 6. The number of guanidine groups is 1. The van der Waals surface area contributed by atoms with E-state index < -0.39 is 10.0 Å². The number of nitrogens with two attached hydrogens (primary N) is 1. The smallest absolute Gasteiger partial charge is 0.240 e. The van der Waals surface area contributed by atoms with Crippen molar-refractivity contribution < 1.29 is 8.42 Å². The van der Waals surface area contributed by atoms with Gasteiger partial charge in [-0.3, -0.25) is 0 Å². The Hall–Kier alpha value is -0.870. The number of sulfonamides is 1. The third-order valence-corrected chi connectivity index (χ3v) is 4.37. The van der Waals surface area contributed by atoms with E-state index in [2.05, 4.69) is 22.0 Å². The molecule has 0 radical (unpaired) electrons. The standard InChI is InChI=1S/C13H22N4O2S.HI/c1-4-10(2)17-13(14)16-9-11-5-7-12(8-6-11)20(18,19)15-3;/h5-8,10,15H,4,9H2,1-3H3,(H3,14,16,17);1H. The monoisotopic (exact) mass is 426 g/mol. The van der Waals surface area contributed by atoms with Gasteiger partial charge in [0.2, 0.25) is 10.0 Å². The molecule has 1 aromatic carbocycles. The Labute approximate surface area is 143 Å². The molecular formula is C13H23IN4O2S. The van der Waals surface area contributed by atoms with Crippen LogP contribution in [0, 0.1) is 0 Å². The van der Waals surface area contributed by atoms with Crippen LogP contribution < -0.4 is 15.8 Å². The largest absolute Gasteiger partial charge is 0.370 e. The molecule has 8 heteroatoms. The van der Waals surface area contributed by atoms with E-state index in [0.717, 1.165) is 12.0 Å². The van der Waals surface area contributed by atoms with E-state index in [1.165, 1.54) is 7.05 Å². The second-order valence-electron chi connectivity index (χ2n) is 4.51. The second kappa shape index (κ2) is 9.21. The van der Waals surface area contributed by atoms with E-state index in [4.69, 9.17) is 5.73 Å². The number of hydrogen-bond acceptors (Lipinski definition) is 3. The van der Waals surface area contributed by atoms with E-state index in [1.807, 2.05) is 6.92 Å². The molecule has 0 saturated carbocycles. The van der Waals surface area contributed by atoms with Crippen LogP contribution in [-0.4, -0.2) is 27.5 Å². The second-order valence-corrected chi connectivity index (χ2v) is 6.39. The molecule has 1 unspecified atom stereocenters. The maximum atomic E-state index is 11.6. The van der Waals surface area contributed by atoms with Crippen LogP contribution in [0.3, 0.4) is 0 Å². The molecule has 0 amide bonds. The highest BCUT2D eigenvalue weighted by atomic mass is 127. The Bertz CT molecular complexity index is 558. The Morgan fingerprint density at radius 2 is 1.90 bits per heavy atom. The van der Waals surface area contributed by atoms with Crippen molar-refractivity contribution in [3.05, 3.63) is 29.8 Å².